The SMILES string of the molecule is Cc1cccc(C)c1OCc1nnc(SCC(=O)Nc2ccccc2F)n1-c1ccccc1. The van der Waals surface area contributed by atoms with E-state index in [0.717, 1.165) is 22.6 Å². The lowest BCUT2D eigenvalue weighted by Crippen LogP contribution is -2.15. The molecule has 0 fully saturated rings. The molecule has 8 heteroatoms. The van der Waals surface area contributed by atoms with Gasteiger partial charge in [0.05, 0.1) is 11.4 Å². The van der Waals surface area contributed by atoms with Crippen molar-refractivity contribution in [2.75, 3.05) is 11.1 Å². The number of nitrogens with zero attached hydrogens (tertiary/aromatic N) is 3. The molecular formula is C25H23FN4O2S. The summed E-state index contributed by atoms with van der Waals surface area (Å²) in [5.74, 6) is 0.673. The van der Waals surface area contributed by atoms with Crippen molar-refractivity contribution in [2.24, 2.45) is 0 Å². The molecule has 0 atom stereocenters. The summed E-state index contributed by atoms with van der Waals surface area (Å²) in [5.41, 5.74) is 3.09. The molecule has 3 aromatic carbocycles. The van der Waals surface area contributed by atoms with Gasteiger partial charge in [-0.1, -0.05) is 60.3 Å². The molecule has 0 aliphatic rings. The van der Waals surface area contributed by atoms with Crippen LogP contribution < -0.4 is 10.1 Å². The third-order valence-electron chi connectivity index (χ3n) is 4.95. The van der Waals surface area contributed by atoms with Gasteiger partial charge in [-0.3, -0.25) is 9.36 Å². The maximum Gasteiger partial charge on any atom is 0.234 e. The number of rotatable bonds is 8. The molecule has 0 aliphatic heterocycles. The van der Waals surface area contributed by atoms with E-state index in [2.05, 4.69) is 15.5 Å². The fourth-order valence-corrected chi connectivity index (χ4v) is 4.14. The van der Waals surface area contributed by atoms with Crippen LogP contribution in [0.5, 0.6) is 5.75 Å². The van der Waals surface area contributed by atoms with Gasteiger partial charge in [-0.15, -0.1) is 10.2 Å². The van der Waals surface area contributed by atoms with Gasteiger partial charge in [-0.2, -0.15) is 0 Å². The lowest BCUT2D eigenvalue weighted by Gasteiger charge is -2.13. The zero-order chi connectivity index (χ0) is 23.2. The molecule has 1 amide bonds. The van der Waals surface area contributed by atoms with Crippen LogP contribution in [0.25, 0.3) is 5.69 Å². The number of carbonyl (C=O) groups excluding carboxylic acids is 1. The minimum Gasteiger partial charge on any atom is -0.485 e. The zero-order valence-electron chi connectivity index (χ0n) is 18.3. The maximum atomic E-state index is 13.8. The fraction of sp³-hybridized carbons (Fsp3) is 0.160. The lowest BCUT2D eigenvalue weighted by atomic mass is 10.1. The maximum absolute atomic E-state index is 13.8. The summed E-state index contributed by atoms with van der Waals surface area (Å²) in [4.78, 5) is 12.4. The molecule has 4 aromatic rings. The summed E-state index contributed by atoms with van der Waals surface area (Å²) < 4.78 is 21.8. The lowest BCUT2D eigenvalue weighted by molar-refractivity contribution is -0.113. The minimum atomic E-state index is -0.478. The second-order valence-corrected chi connectivity index (χ2v) is 8.34. The predicted octanol–water partition coefficient (Wildman–Crippen LogP) is 5.33. The number of aryl methyl sites for hydroxylation is 2. The molecule has 0 saturated carbocycles. The molecule has 168 valence electrons. The highest BCUT2D eigenvalue weighted by molar-refractivity contribution is 7.99. The van der Waals surface area contributed by atoms with Crippen molar-refractivity contribution < 1.29 is 13.9 Å². The van der Waals surface area contributed by atoms with Crippen molar-refractivity contribution in [3.8, 4) is 11.4 Å². The summed E-state index contributed by atoms with van der Waals surface area (Å²) in [5, 5.41) is 11.7. The Bertz CT molecular complexity index is 1240. The molecular weight excluding hydrogens is 439 g/mol. The summed E-state index contributed by atoms with van der Waals surface area (Å²) in [6.45, 7) is 4.22. The van der Waals surface area contributed by atoms with Crippen LogP contribution in [0.3, 0.4) is 0 Å². The normalized spacial score (nSPS) is 10.8. The molecule has 0 aliphatic carbocycles. The van der Waals surface area contributed by atoms with Crippen molar-refractivity contribution in [2.45, 2.75) is 25.6 Å². The molecule has 0 bridgehead atoms. The number of nitrogens with one attached hydrogen (secondary N) is 1. The summed E-state index contributed by atoms with van der Waals surface area (Å²) in [6, 6.07) is 21.7. The monoisotopic (exact) mass is 462 g/mol. The van der Waals surface area contributed by atoms with Crippen LogP contribution in [0, 0.1) is 19.7 Å². The van der Waals surface area contributed by atoms with Crippen LogP contribution >= 0.6 is 11.8 Å². The highest BCUT2D eigenvalue weighted by Crippen LogP contribution is 2.26. The summed E-state index contributed by atoms with van der Waals surface area (Å²) in [7, 11) is 0. The van der Waals surface area contributed by atoms with Gasteiger partial charge in [0.25, 0.3) is 0 Å². The van der Waals surface area contributed by atoms with Gasteiger partial charge in [0.2, 0.25) is 5.91 Å². The molecule has 1 heterocycles. The molecule has 0 saturated heterocycles. The number of thioether (sulfide) groups is 1. The van der Waals surface area contributed by atoms with Crippen molar-refractivity contribution in [3.63, 3.8) is 0 Å². The van der Waals surface area contributed by atoms with E-state index in [-0.39, 0.29) is 24.0 Å². The summed E-state index contributed by atoms with van der Waals surface area (Å²) >= 11 is 1.22. The van der Waals surface area contributed by atoms with Crippen molar-refractivity contribution in [1.82, 2.24) is 14.8 Å². The smallest absolute Gasteiger partial charge is 0.234 e. The number of hydrogen-bond donors (Lipinski definition) is 1. The molecule has 0 radical (unpaired) electrons. The van der Waals surface area contributed by atoms with E-state index in [1.54, 1.807) is 12.1 Å². The number of carbonyl (C=O) groups is 1. The quantitative estimate of drug-likeness (QED) is 0.358. The number of amides is 1. The highest BCUT2D eigenvalue weighted by atomic mass is 32.2. The number of halogens is 1. The Kier molecular flexibility index (Phi) is 7.04. The van der Waals surface area contributed by atoms with Gasteiger partial charge < -0.3 is 10.1 Å². The Balaban J connectivity index is 1.53. The third-order valence-corrected chi connectivity index (χ3v) is 5.88. The predicted molar refractivity (Wildman–Crippen MR) is 127 cm³/mol. The molecule has 1 N–H and O–H groups in total. The number of benzene rings is 3. The van der Waals surface area contributed by atoms with E-state index in [1.807, 2.05) is 66.9 Å². The molecule has 0 spiro atoms. The first-order valence-electron chi connectivity index (χ1n) is 10.4. The van der Waals surface area contributed by atoms with E-state index in [0.29, 0.717) is 11.0 Å². The van der Waals surface area contributed by atoms with Crippen molar-refractivity contribution >= 4 is 23.4 Å². The van der Waals surface area contributed by atoms with Crippen LogP contribution in [0.1, 0.15) is 17.0 Å². The Morgan fingerprint density at radius 3 is 2.39 bits per heavy atom. The largest absolute Gasteiger partial charge is 0.485 e. The van der Waals surface area contributed by atoms with E-state index in [4.69, 9.17) is 4.74 Å². The van der Waals surface area contributed by atoms with Gasteiger partial charge in [-0.05, 0) is 49.2 Å². The Labute approximate surface area is 195 Å². The first kappa shape index (κ1) is 22.5. The number of ether oxygens (including phenoxy) is 1. The van der Waals surface area contributed by atoms with Gasteiger partial charge in [-0.25, -0.2) is 4.39 Å². The van der Waals surface area contributed by atoms with Crippen LogP contribution in [-0.2, 0) is 11.4 Å². The van der Waals surface area contributed by atoms with Gasteiger partial charge in [0.15, 0.2) is 11.0 Å². The number of aromatic nitrogens is 3. The molecule has 6 nitrogen and oxygen atoms in total. The molecule has 1 aromatic heterocycles. The average molecular weight is 463 g/mol. The summed E-state index contributed by atoms with van der Waals surface area (Å²) in [6.07, 6.45) is 0. The fourth-order valence-electron chi connectivity index (χ4n) is 3.37. The van der Waals surface area contributed by atoms with Crippen LogP contribution in [0.4, 0.5) is 10.1 Å². The highest BCUT2D eigenvalue weighted by Gasteiger charge is 2.17. The standard InChI is InChI=1S/C25H23FN4O2S/c1-17-9-8-10-18(2)24(17)32-15-22-28-29-25(30(22)19-11-4-3-5-12-19)33-16-23(31)27-21-14-7-6-13-20(21)26/h3-14H,15-16H2,1-2H3,(H,27,31). The van der Waals surface area contributed by atoms with Crippen LogP contribution in [-0.4, -0.2) is 26.4 Å². The van der Waals surface area contributed by atoms with Gasteiger partial charge in [0, 0.05) is 5.69 Å². The van der Waals surface area contributed by atoms with Crippen LogP contribution in [0.2, 0.25) is 0 Å². The van der Waals surface area contributed by atoms with E-state index in [1.165, 1.54) is 23.9 Å². The van der Waals surface area contributed by atoms with Crippen molar-refractivity contribution in [1.29, 1.82) is 0 Å². The van der Waals surface area contributed by atoms with Crippen LogP contribution in [0.15, 0.2) is 78.0 Å². The topological polar surface area (TPSA) is 69.0 Å². The second kappa shape index (κ2) is 10.3. The molecule has 33 heavy (non-hydrogen) atoms. The minimum absolute atomic E-state index is 0.0526. The Morgan fingerprint density at radius 2 is 1.67 bits per heavy atom. The zero-order valence-corrected chi connectivity index (χ0v) is 19.1. The third kappa shape index (κ3) is 5.40. The van der Waals surface area contributed by atoms with E-state index < -0.39 is 5.82 Å². The van der Waals surface area contributed by atoms with Crippen molar-refractivity contribution in [3.05, 3.63) is 95.6 Å². The molecule has 0 unspecified atom stereocenters. The van der Waals surface area contributed by atoms with Gasteiger partial charge in [0.1, 0.15) is 18.2 Å². The Morgan fingerprint density at radius 1 is 0.970 bits per heavy atom. The Hall–Kier alpha value is -3.65. The number of hydrogen-bond acceptors (Lipinski definition) is 5. The number of anilines is 1. The van der Waals surface area contributed by atoms with E-state index in [9.17, 15) is 9.18 Å². The first-order chi connectivity index (χ1) is 16.0. The van der Waals surface area contributed by atoms with Gasteiger partial charge >= 0.3 is 0 Å². The molecule has 4 rings (SSSR count). The van der Waals surface area contributed by atoms with E-state index >= 15 is 0 Å². The second-order valence-electron chi connectivity index (χ2n) is 7.40. The average Bonchev–Trinajstić information content (AvgIpc) is 3.22. The number of para-hydroxylation sites is 3. The first-order valence-corrected chi connectivity index (χ1v) is 11.4.